The van der Waals surface area contributed by atoms with Crippen molar-refractivity contribution in [3.8, 4) is 0 Å². The molecule has 4 rings (SSSR count). The normalized spacial score (nSPS) is 19.1. The lowest BCUT2D eigenvalue weighted by atomic mass is 10.3. The minimum absolute atomic E-state index is 0.672. The molecule has 1 aliphatic heterocycles. The predicted molar refractivity (Wildman–Crippen MR) is 87.7 cm³/mol. The second kappa shape index (κ2) is 6.52. The Hall–Kier alpha value is -1.17. The highest BCUT2D eigenvalue weighted by atomic mass is 32.1. The van der Waals surface area contributed by atoms with Gasteiger partial charge in [-0.25, -0.2) is 4.98 Å². The molecule has 0 atom stereocenters. The molecule has 2 aromatic heterocycles. The first-order valence-corrected chi connectivity index (χ1v) is 9.12. The molecule has 0 spiro atoms. The second-order valence-corrected chi connectivity index (χ2v) is 7.47. The van der Waals surface area contributed by atoms with Crippen LogP contribution in [0.4, 0.5) is 0 Å². The molecule has 0 bridgehead atoms. The van der Waals surface area contributed by atoms with Crippen LogP contribution in [0.3, 0.4) is 0 Å². The van der Waals surface area contributed by atoms with E-state index in [2.05, 4.69) is 32.0 Å². The fourth-order valence-electron chi connectivity index (χ4n) is 3.06. The van der Waals surface area contributed by atoms with Gasteiger partial charge in [0, 0.05) is 37.7 Å². The van der Waals surface area contributed by atoms with Gasteiger partial charge in [0.05, 0.1) is 24.3 Å². The Balaban J connectivity index is 1.42. The van der Waals surface area contributed by atoms with Crippen molar-refractivity contribution in [1.29, 1.82) is 0 Å². The molecule has 0 amide bonds. The topological polar surface area (TPSA) is 30.3 Å². The molecule has 1 aliphatic carbocycles. The quantitative estimate of drug-likeness (QED) is 0.819. The molecule has 0 saturated heterocycles. The van der Waals surface area contributed by atoms with E-state index in [4.69, 9.17) is 4.74 Å². The number of rotatable bonds is 6. The number of fused-ring (bicyclic) bond motifs is 1. The Kier molecular flexibility index (Phi) is 4.28. The minimum Gasteiger partial charge on any atom is -0.375 e. The molecule has 5 heteroatoms. The molecule has 2 aromatic rings. The lowest BCUT2D eigenvalue weighted by molar-refractivity contribution is 0.107. The molecule has 1 saturated carbocycles. The van der Waals surface area contributed by atoms with Crippen molar-refractivity contribution >= 4 is 11.3 Å². The van der Waals surface area contributed by atoms with E-state index in [0.717, 1.165) is 44.4 Å². The van der Waals surface area contributed by atoms with Crippen LogP contribution in [0, 0.1) is 5.92 Å². The number of ether oxygens (including phenoxy) is 1. The van der Waals surface area contributed by atoms with E-state index >= 15 is 0 Å². The fraction of sp³-hybridized carbons (Fsp3) is 0.588. The van der Waals surface area contributed by atoms with E-state index < -0.39 is 0 Å². The van der Waals surface area contributed by atoms with Crippen LogP contribution in [0.25, 0.3) is 0 Å². The smallest absolute Gasteiger partial charge is 0.0953 e. The van der Waals surface area contributed by atoms with Crippen LogP contribution in [0.15, 0.2) is 23.8 Å². The number of nitrogens with zero attached hydrogens (tertiary/aromatic N) is 3. The number of hydrogen-bond acceptors (Lipinski definition) is 4. The highest BCUT2D eigenvalue weighted by Gasteiger charge is 2.23. The van der Waals surface area contributed by atoms with Gasteiger partial charge in [-0.05, 0) is 36.6 Å². The molecule has 0 radical (unpaired) electrons. The summed E-state index contributed by atoms with van der Waals surface area (Å²) in [5.41, 5.74) is 2.49. The van der Waals surface area contributed by atoms with Gasteiger partial charge in [0.2, 0.25) is 0 Å². The summed E-state index contributed by atoms with van der Waals surface area (Å²) < 4.78 is 8.18. The van der Waals surface area contributed by atoms with Crippen LogP contribution in [-0.4, -0.2) is 27.6 Å². The summed E-state index contributed by atoms with van der Waals surface area (Å²) in [5, 5.41) is 2.16. The monoisotopic (exact) mass is 317 g/mol. The third kappa shape index (κ3) is 3.42. The van der Waals surface area contributed by atoms with E-state index in [-0.39, 0.29) is 0 Å². The summed E-state index contributed by atoms with van der Waals surface area (Å²) in [6, 6.07) is 4.37. The van der Waals surface area contributed by atoms with Gasteiger partial charge in [0.25, 0.3) is 0 Å². The van der Waals surface area contributed by atoms with Crippen molar-refractivity contribution in [3.63, 3.8) is 0 Å². The van der Waals surface area contributed by atoms with Crippen LogP contribution in [0.1, 0.15) is 35.5 Å². The zero-order valence-corrected chi connectivity index (χ0v) is 13.7. The lowest BCUT2D eigenvalue weighted by Crippen LogP contribution is -2.23. The van der Waals surface area contributed by atoms with E-state index in [1.807, 2.05) is 17.7 Å². The molecule has 0 N–H and O–H groups in total. The molecule has 118 valence electrons. The Bertz CT molecular complexity index is 603. The van der Waals surface area contributed by atoms with Crippen molar-refractivity contribution in [2.75, 3.05) is 13.2 Å². The molecular formula is C17H23N3OS. The molecule has 0 unspecified atom stereocenters. The summed E-state index contributed by atoms with van der Waals surface area (Å²) in [6.45, 7) is 5.84. The Morgan fingerprint density at radius 2 is 2.27 bits per heavy atom. The van der Waals surface area contributed by atoms with Crippen molar-refractivity contribution in [3.05, 3.63) is 40.1 Å². The molecule has 3 heterocycles. The van der Waals surface area contributed by atoms with Crippen molar-refractivity contribution in [2.45, 2.75) is 45.5 Å². The van der Waals surface area contributed by atoms with Crippen molar-refractivity contribution in [1.82, 2.24) is 14.5 Å². The largest absolute Gasteiger partial charge is 0.375 e. The average molecular weight is 317 g/mol. The molecule has 22 heavy (non-hydrogen) atoms. The Morgan fingerprint density at radius 3 is 3.09 bits per heavy atom. The summed E-state index contributed by atoms with van der Waals surface area (Å²) in [6.07, 6.45) is 5.88. The Labute approximate surface area is 135 Å². The maximum Gasteiger partial charge on any atom is 0.0953 e. The molecular weight excluding hydrogens is 294 g/mol. The first kappa shape index (κ1) is 14.4. The first-order chi connectivity index (χ1) is 10.9. The standard InChI is InChI=1S/C17H23N3OS/c1-3-15(22-8-1)9-19-6-2-7-20-13-18-16(17(20)10-19)12-21-11-14-4-5-14/h1,3,8,13-14H,2,4-7,9-12H2. The maximum atomic E-state index is 5.86. The fourth-order valence-corrected chi connectivity index (χ4v) is 3.81. The number of thiophene rings is 1. The third-order valence-electron chi connectivity index (χ3n) is 4.53. The third-order valence-corrected chi connectivity index (χ3v) is 5.39. The summed E-state index contributed by atoms with van der Waals surface area (Å²) in [7, 11) is 0. The molecule has 2 aliphatic rings. The van der Waals surface area contributed by atoms with E-state index in [1.54, 1.807) is 0 Å². The van der Waals surface area contributed by atoms with Crippen molar-refractivity contribution < 1.29 is 4.74 Å². The second-order valence-electron chi connectivity index (χ2n) is 6.43. The van der Waals surface area contributed by atoms with Gasteiger partial charge in [-0.15, -0.1) is 11.3 Å². The zero-order valence-electron chi connectivity index (χ0n) is 12.9. The summed E-state index contributed by atoms with van der Waals surface area (Å²) in [4.78, 5) is 8.58. The van der Waals surface area contributed by atoms with E-state index in [0.29, 0.717) is 6.61 Å². The maximum absolute atomic E-state index is 5.86. The highest BCUT2D eigenvalue weighted by molar-refractivity contribution is 7.09. The summed E-state index contributed by atoms with van der Waals surface area (Å²) in [5.74, 6) is 0.816. The van der Waals surface area contributed by atoms with Crippen LogP contribution in [0.2, 0.25) is 0 Å². The minimum atomic E-state index is 0.672. The molecule has 1 fully saturated rings. The SMILES string of the molecule is c1csc(CN2CCCn3cnc(COCC4CC4)c3C2)c1. The van der Waals surface area contributed by atoms with Gasteiger partial charge >= 0.3 is 0 Å². The van der Waals surface area contributed by atoms with Gasteiger partial charge in [0.1, 0.15) is 0 Å². The zero-order chi connectivity index (χ0) is 14.8. The van der Waals surface area contributed by atoms with Gasteiger partial charge in [0.15, 0.2) is 0 Å². The lowest BCUT2D eigenvalue weighted by Gasteiger charge is -2.19. The summed E-state index contributed by atoms with van der Waals surface area (Å²) >= 11 is 1.85. The predicted octanol–water partition coefficient (Wildman–Crippen LogP) is 3.28. The van der Waals surface area contributed by atoms with E-state index in [1.165, 1.54) is 29.8 Å². The first-order valence-electron chi connectivity index (χ1n) is 8.24. The van der Waals surface area contributed by atoms with Crippen molar-refractivity contribution in [2.24, 2.45) is 5.92 Å². The van der Waals surface area contributed by atoms with Crippen LogP contribution in [0.5, 0.6) is 0 Å². The number of aryl methyl sites for hydroxylation is 1. The average Bonchev–Trinajstić information content (AvgIpc) is 3.13. The van der Waals surface area contributed by atoms with Crippen LogP contribution in [-0.2, 0) is 31.0 Å². The van der Waals surface area contributed by atoms with Gasteiger partial charge in [-0.2, -0.15) is 0 Å². The number of imidazole rings is 1. The van der Waals surface area contributed by atoms with Gasteiger partial charge in [-0.1, -0.05) is 6.07 Å². The number of aromatic nitrogens is 2. The Morgan fingerprint density at radius 1 is 1.32 bits per heavy atom. The molecule has 0 aromatic carbocycles. The van der Waals surface area contributed by atoms with Crippen LogP contribution >= 0.6 is 11.3 Å². The van der Waals surface area contributed by atoms with Gasteiger partial charge < -0.3 is 9.30 Å². The van der Waals surface area contributed by atoms with Gasteiger partial charge in [-0.3, -0.25) is 4.90 Å². The highest BCUT2D eigenvalue weighted by Crippen LogP contribution is 2.29. The molecule has 4 nitrogen and oxygen atoms in total. The number of hydrogen-bond donors (Lipinski definition) is 0. The van der Waals surface area contributed by atoms with E-state index in [9.17, 15) is 0 Å². The van der Waals surface area contributed by atoms with Crippen LogP contribution < -0.4 is 0 Å².